The quantitative estimate of drug-likeness (QED) is 0.763. The first kappa shape index (κ1) is 11.2. The van der Waals surface area contributed by atoms with Gasteiger partial charge >= 0.3 is 6.18 Å². The summed E-state index contributed by atoms with van der Waals surface area (Å²) in [5.41, 5.74) is 4.10. The Kier molecular flexibility index (Phi) is 3.08. The molecule has 1 heterocycles. The number of nitrogens with zero attached hydrogens (tertiary/aromatic N) is 1. The Morgan fingerprint density at radius 3 is 2.60 bits per heavy atom. The van der Waals surface area contributed by atoms with Crippen molar-refractivity contribution in [1.29, 1.82) is 0 Å². The minimum absolute atomic E-state index is 0.170. The second-order valence-electron chi connectivity index (χ2n) is 2.74. The molecule has 0 aromatic carbocycles. The van der Waals surface area contributed by atoms with Crippen molar-refractivity contribution in [3.8, 4) is 0 Å². The van der Waals surface area contributed by atoms with E-state index in [0.29, 0.717) is 6.20 Å². The van der Waals surface area contributed by atoms with Crippen molar-refractivity contribution in [3.63, 3.8) is 0 Å². The van der Waals surface area contributed by atoms with Gasteiger partial charge in [0.1, 0.15) is 0 Å². The Hall–Kier alpha value is -1.85. The number of carbonyl (C=O) groups excluding carboxylic acids is 1. The number of primary amides is 1. The molecule has 1 aromatic rings. The largest absolute Gasteiger partial charge is 0.417 e. The predicted molar refractivity (Wildman–Crippen MR) is 47.5 cm³/mol. The van der Waals surface area contributed by atoms with Crippen molar-refractivity contribution < 1.29 is 18.0 Å². The molecule has 0 atom stereocenters. The number of hydrogen-bond donors (Lipinski definition) is 1. The van der Waals surface area contributed by atoms with Crippen LogP contribution in [0.15, 0.2) is 24.5 Å². The molecule has 0 saturated carbocycles. The second-order valence-corrected chi connectivity index (χ2v) is 2.74. The molecule has 1 aromatic heterocycles. The third-order valence-corrected chi connectivity index (χ3v) is 1.53. The third kappa shape index (κ3) is 3.41. The highest BCUT2D eigenvalue weighted by Crippen LogP contribution is 2.28. The summed E-state index contributed by atoms with van der Waals surface area (Å²) in [7, 11) is 0. The van der Waals surface area contributed by atoms with E-state index in [1.54, 1.807) is 0 Å². The second kappa shape index (κ2) is 4.12. The van der Waals surface area contributed by atoms with Gasteiger partial charge in [0.15, 0.2) is 0 Å². The van der Waals surface area contributed by atoms with E-state index in [0.717, 1.165) is 12.1 Å². The molecular weight excluding hydrogens is 209 g/mol. The average molecular weight is 216 g/mol. The van der Waals surface area contributed by atoms with E-state index < -0.39 is 17.6 Å². The summed E-state index contributed by atoms with van der Waals surface area (Å²) in [6, 6.07) is 0.881. The van der Waals surface area contributed by atoms with Crippen LogP contribution < -0.4 is 5.73 Å². The van der Waals surface area contributed by atoms with Gasteiger partial charge in [0.25, 0.3) is 0 Å². The maximum Gasteiger partial charge on any atom is 0.417 e. The number of amides is 1. The zero-order valence-electron chi connectivity index (χ0n) is 7.45. The summed E-state index contributed by atoms with van der Waals surface area (Å²) >= 11 is 0. The van der Waals surface area contributed by atoms with Crippen LogP contribution in [0, 0.1) is 0 Å². The van der Waals surface area contributed by atoms with Gasteiger partial charge < -0.3 is 5.73 Å². The molecule has 0 fully saturated rings. The molecular formula is C9H7F3N2O. The Bertz CT molecular complexity index is 399. The molecule has 15 heavy (non-hydrogen) atoms. The van der Waals surface area contributed by atoms with Gasteiger partial charge in [-0.05, 0) is 17.7 Å². The minimum atomic E-state index is -4.44. The summed E-state index contributed by atoms with van der Waals surface area (Å²) in [6.45, 7) is 0. The van der Waals surface area contributed by atoms with Gasteiger partial charge in [-0.15, -0.1) is 0 Å². The number of nitrogens with two attached hydrogens (primary N) is 1. The van der Waals surface area contributed by atoms with Crippen molar-refractivity contribution in [2.45, 2.75) is 6.18 Å². The van der Waals surface area contributed by atoms with E-state index in [1.807, 2.05) is 0 Å². The molecule has 0 bridgehead atoms. The lowest BCUT2D eigenvalue weighted by molar-refractivity contribution is -0.137. The lowest BCUT2D eigenvalue weighted by Gasteiger charge is -2.05. The first-order valence-electron chi connectivity index (χ1n) is 3.89. The highest BCUT2D eigenvalue weighted by atomic mass is 19.4. The van der Waals surface area contributed by atoms with E-state index in [1.165, 1.54) is 12.3 Å². The molecule has 0 saturated heterocycles. The summed E-state index contributed by atoms with van der Waals surface area (Å²) in [5.74, 6) is -0.729. The Labute approximate surface area is 83.4 Å². The topological polar surface area (TPSA) is 56.0 Å². The zero-order chi connectivity index (χ0) is 11.5. The molecule has 2 N–H and O–H groups in total. The van der Waals surface area contributed by atoms with E-state index in [2.05, 4.69) is 4.98 Å². The molecule has 0 aliphatic carbocycles. The van der Waals surface area contributed by atoms with Gasteiger partial charge in [0.05, 0.1) is 5.56 Å². The van der Waals surface area contributed by atoms with Crippen LogP contribution in [0.4, 0.5) is 13.2 Å². The highest BCUT2D eigenvalue weighted by molar-refractivity contribution is 5.90. The van der Waals surface area contributed by atoms with Crippen LogP contribution in [0.3, 0.4) is 0 Å². The lowest BCUT2D eigenvalue weighted by Crippen LogP contribution is -2.06. The van der Waals surface area contributed by atoms with E-state index in [4.69, 9.17) is 5.73 Å². The summed E-state index contributed by atoms with van der Waals surface area (Å²) < 4.78 is 36.6. The third-order valence-electron chi connectivity index (χ3n) is 1.53. The van der Waals surface area contributed by atoms with Crippen LogP contribution in [0.5, 0.6) is 0 Å². The monoisotopic (exact) mass is 216 g/mol. The van der Waals surface area contributed by atoms with E-state index in [-0.39, 0.29) is 5.56 Å². The molecule has 0 radical (unpaired) electrons. The van der Waals surface area contributed by atoms with E-state index in [9.17, 15) is 18.0 Å². The van der Waals surface area contributed by atoms with Gasteiger partial charge in [0.2, 0.25) is 5.91 Å². The van der Waals surface area contributed by atoms with Gasteiger partial charge in [-0.3, -0.25) is 9.78 Å². The summed E-state index contributed by atoms with van der Waals surface area (Å²) in [4.78, 5) is 13.8. The van der Waals surface area contributed by atoms with Crippen LogP contribution >= 0.6 is 0 Å². The van der Waals surface area contributed by atoms with Crippen LogP contribution in [0.2, 0.25) is 0 Å². The zero-order valence-corrected chi connectivity index (χ0v) is 7.45. The number of pyridine rings is 1. The van der Waals surface area contributed by atoms with Crippen LogP contribution in [-0.2, 0) is 11.0 Å². The van der Waals surface area contributed by atoms with Gasteiger partial charge in [-0.25, -0.2) is 0 Å². The maximum absolute atomic E-state index is 12.2. The fourth-order valence-electron chi connectivity index (χ4n) is 0.882. The Balaban J connectivity index is 2.98. The van der Waals surface area contributed by atoms with E-state index >= 15 is 0 Å². The normalized spacial score (nSPS) is 11.9. The maximum atomic E-state index is 12.2. The average Bonchev–Trinajstić information content (AvgIpc) is 2.14. The van der Waals surface area contributed by atoms with Crippen molar-refractivity contribution in [2.75, 3.05) is 0 Å². The standard InChI is InChI=1S/C9H7F3N2O/c10-9(11,12)7-3-6(4-14-5-7)1-2-8(13)15/h1-5H,(H2,13,15). The molecule has 0 unspecified atom stereocenters. The molecule has 6 heteroatoms. The number of aromatic nitrogens is 1. The van der Waals surface area contributed by atoms with Crippen molar-refractivity contribution >= 4 is 12.0 Å². The fraction of sp³-hybridized carbons (Fsp3) is 0.111. The molecule has 0 aliphatic rings. The molecule has 3 nitrogen and oxygen atoms in total. The minimum Gasteiger partial charge on any atom is -0.366 e. The molecule has 0 aliphatic heterocycles. The fourth-order valence-corrected chi connectivity index (χ4v) is 0.882. The number of halogens is 3. The lowest BCUT2D eigenvalue weighted by atomic mass is 10.2. The van der Waals surface area contributed by atoms with Crippen LogP contribution in [-0.4, -0.2) is 10.9 Å². The highest BCUT2D eigenvalue weighted by Gasteiger charge is 2.30. The van der Waals surface area contributed by atoms with Crippen molar-refractivity contribution in [3.05, 3.63) is 35.7 Å². The Morgan fingerprint density at radius 1 is 1.40 bits per heavy atom. The molecule has 1 amide bonds. The van der Waals surface area contributed by atoms with Gasteiger partial charge in [0, 0.05) is 18.5 Å². The molecule has 0 spiro atoms. The number of hydrogen-bond acceptors (Lipinski definition) is 2. The smallest absolute Gasteiger partial charge is 0.366 e. The SMILES string of the molecule is NC(=O)C=Cc1cncc(C(F)(F)F)c1. The van der Waals surface area contributed by atoms with Crippen LogP contribution in [0.25, 0.3) is 6.08 Å². The van der Waals surface area contributed by atoms with Crippen molar-refractivity contribution in [1.82, 2.24) is 4.98 Å². The summed E-state index contributed by atoms with van der Waals surface area (Å²) in [6.07, 6.45) is -0.387. The van der Waals surface area contributed by atoms with Crippen LogP contribution in [0.1, 0.15) is 11.1 Å². The van der Waals surface area contributed by atoms with Gasteiger partial charge in [-0.2, -0.15) is 13.2 Å². The first-order chi connectivity index (χ1) is 6.89. The number of carbonyl (C=O) groups is 1. The van der Waals surface area contributed by atoms with Crippen molar-refractivity contribution in [2.24, 2.45) is 5.73 Å². The number of alkyl halides is 3. The first-order valence-corrected chi connectivity index (χ1v) is 3.89. The predicted octanol–water partition coefficient (Wildman–Crippen LogP) is 1.60. The molecule has 1 rings (SSSR count). The van der Waals surface area contributed by atoms with Gasteiger partial charge in [-0.1, -0.05) is 0 Å². The number of rotatable bonds is 2. The molecule has 80 valence electrons. The summed E-state index contributed by atoms with van der Waals surface area (Å²) in [5, 5.41) is 0. The Morgan fingerprint density at radius 2 is 2.07 bits per heavy atom.